The summed E-state index contributed by atoms with van der Waals surface area (Å²) in [5.41, 5.74) is -1.90. The Morgan fingerprint density at radius 3 is 2.65 bits per heavy atom. The van der Waals surface area contributed by atoms with Crippen LogP contribution in [0.4, 0.5) is 18.9 Å². The number of hydrogen-bond donors (Lipinski definition) is 2. The average Bonchev–Trinajstić information content (AvgIpc) is 2.77. The Balaban J connectivity index is 2.32. The van der Waals surface area contributed by atoms with E-state index in [0.717, 1.165) is 0 Å². The van der Waals surface area contributed by atoms with Crippen molar-refractivity contribution in [2.75, 3.05) is 5.32 Å². The van der Waals surface area contributed by atoms with Crippen LogP contribution in [0.25, 0.3) is 0 Å². The number of alkyl halides is 3. The van der Waals surface area contributed by atoms with Crippen LogP contribution in [0.1, 0.15) is 21.7 Å². The fourth-order valence-corrected chi connectivity index (χ4v) is 1.52. The summed E-state index contributed by atoms with van der Waals surface area (Å²) in [5.74, 6) is -0.862. The zero-order valence-electron chi connectivity index (χ0n) is 10.2. The molecule has 0 atom stereocenters. The second kappa shape index (κ2) is 4.87. The lowest BCUT2D eigenvalue weighted by Gasteiger charge is -2.08. The topological polar surface area (TPSA) is 75.1 Å². The highest BCUT2D eigenvalue weighted by molar-refractivity contribution is 6.03. The number of aryl methyl sites for hydroxylation is 1. The van der Waals surface area contributed by atoms with Gasteiger partial charge in [-0.2, -0.15) is 13.2 Å². The molecule has 8 heteroatoms. The molecule has 2 N–H and O–H groups in total. The molecular formula is C12H9F3N2O3. The molecular weight excluding hydrogens is 277 g/mol. The molecule has 5 nitrogen and oxygen atoms in total. The zero-order valence-corrected chi connectivity index (χ0v) is 10.2. The van der Waals surface area contributed by atoms with E-state index in [1.807, 2.05) is 4.98 Å². The van der Waals surface area contributed by atoms with E-state index in [1.54, 1.807) is 6.92 Å². The molecule has 0 aliphatic carbocycles. The third-order valence-corrected chi connectivity index (χ3v) is 2.55. The lowest BCUT2D eigenvalue weighted by Crippen LogP contribution is -2.21. The fourth-order valence-electron chi connectivity index (χ4n) is 1.52. The summed E-state index contributed by atoms with van der Waals surface area (Å²) in [6, 6.07) is 2.08. The highest BCUT2D eigenvalue weighted by Crippen LogP contribution is 2.29. The molecule has 0 spiro atoms. The van der Waals surface area contributed by atoms with Crippen molar-refractivity contribution in [2.24, 2.45) is 0 Å². The summed E-state index contributed by atoms with van der Waals surface area (Å²) in [6.07, 6.45) is -2.82. The van der Waals surface area contributed by atoms with Crippen LogP contribution in [0.3, 0.4) is 0 Å². The molecule has 106 valence electrons. The molecule has 0 radical (unpaired) electrons. The van der Waals surface area contributed by atoms with Crippen LogP contribution in [-0.4, -0.2) is 10.9 Å². The number of aromatic nitrogens is 1. The molecule has 0 unspecified atom stereocenters. The second-order valence-corrected chi connectivity index (χ2v) is 4.02. The first-order valence-electron chi connectivity index (χ1n) is 5.44. The van der Waals surface area contributed by atoms with Crippen molar-refractivity contribution in [1.29, 1.82) is 0 Å². The Morgan fingerprint density at radius 2 is 2.10 bits per heavy atom. The normalized spacial score (nSPS) is 11.4. The Labute approximate surface area is 110 Å². The van der Waals surface area contributed by atoms with E-state index in [4.69, 9.17) is 4.42 Å². The first-order valence-corrected chi connectivity index (χ1v) is 5.44. The number of nitrogens with one attached hydrogen (secondary N) is 2. The van der Waals surface area contributed by atoms with Gasteiger partial charge >= 0.3 is 6.18 Å². The van der Waals surface area contributed by atoms with Crippen molar-refractivity contribution < 1.29 is 22.4 Å². The fraction of sp³-hybridized carbons (Fsp3) is 0.167. The molecule has 2 aromatic heterocycles. The molecule has 20 heavy (non-hydrogen) atoms. The van der Waals surface area contributed by atoms with Crippen LogP contribution in [-0.2, 0) is 6.18 Å². The summed E-state index contributed by atoms with van der Waals surface area (Å²) in [6.45, 7) is 1.59. The van der Waals surface area contributed by atoms with Crippen LogP contribution in [0.15, 0.2) is 33.8 Å². The molecule has 0 aliphatic rings. The smallest absolute Gasteiger partial charge is 0.417 e. The number of carbonyl (C=O) groups excluding carboxylic acids is 1. The molecule has 2 rings (SSSR count). The number of anilines is 1. The molecule has 0 saturated carbocycles. The number of rotatable bonds is 2. The van der Waals surface area contributed by atoms with Crippen LogP contribution in [0.2, 0.25) is 0 Å². The van der Waals surface area contributed by atoms with Crippen molar-refractivity contribution >= 4 is 11.6 Å². The van der Waals surface area contributed by atoms with Crippen LogP contribution < -0.4 is 10.9 Å². The first kappa shape index (κ1) is 13.9. The van der Waals surface area contributed by atoms with Gasteiger partial charge in [-0.15, -0.1) is 0 Å². The van der Waals surface area contributed by atoms with E-state index in [2.05, 4.69) is 5.32 Å². The zero-order chi connectivity index (χ0) is 14.9. The van der Waals surface area contributed by atoms with Crippen LogP contribution in [0.5, 0.6) is 0 Å². The minimum absolute atomic E-state index is 0.0678. The third kappa shape index (κ3) is 2.73. The molecule has 0 aliphatic heterocycles. The Kier molecular flexibility index (Phi) is 3.39. The maximum atomic E-state index is 12.5. The van der Waals surface area contributed by atoms with Gasteiger partial charge in [0.15, 0.2) is 5.76 Å². The van der Waals surface area contributed by atoms with Crippen molar-refractivity contribution in [1.82, 2.24) is 4.98 Å². The Bertz CT molecular complexity index is 700. The van der Waals surface area contributed by atoms with Gasteiger partial charge in [0, 0.05) is 11.8 Å². The molecule has 0 fully saturated rings. The van der Waals surface area contributed by atoms with Gasteiger partial charge in [0.25, 0.3) is 11.5 Å². The Hall–Kier alpha value is -2.51. The van der Waals surface area contributed by atoms with Gasteiger partial charge in [0.1, 0.15) is 5.69 Å². The minimum Gasteiger partial charge on any atom is -0.459 e. The Morgan fingerprint density at radius 1 is 1.40 bits per heavy atom. The number of amides is 1. The predicted molar refractivity (Wildman–Crippen MR) is 63.5 cm³/mol. The predicted octanol–water partition coefficient (Wildman–Crippen LogP) is 2.55. The number of aromatic amines is 1. The lowest BCUT2D eigenvalue weighted by molar-refractivity contribution is -0.137. The minimum atomic E-state index is -4.62. The largest absolute Gasteiger partial charge is 0.459 e. The third-order valence-electron chi connectivity index (χ3n) is 2.55. The van der Waals surface area contributed by atoms with Gasteiger partial charge in [-0.05, 0) is 19.1 Å². The van der Waals surface area contributed by atoms with E-state index in [0.29, 0.717) is 17.8 Å². The van der Waals surface area contributed by atoms with Gasteiger partial charge in [-0.25, -0.2) is 0 Å². The second-order valence-electron chi connectivity index (χ2n) is 4.02. The molecule has 2 aromatic rings. The van der Waals surface area contributed by atoms with E-state index < -0.39 is 28.9 Å². The van der Waals surface area contributed by atoms with Crippen molar-refractivity contribution in [3.05, 3.63) is 51.8 Å². The monoisotopic (exact) mass is 286 g/mol. The number of H-pyrrole nitrogens is 1. The van der Waals surface area contributed by atoms with Crippen LogP contribution >= 0.6 is 0 Å². The molecule has 1 amide bonds. The number of furan rings is 1. The summed E-state index contributed by atoms with van der Waals surface area (Å²) in [4.78, 5) is 25.1. The highest BCUT2D eigenvalue weighted by Gasteiger charge is 2.31. The number of pyridine rings is 1. The highest BCUT2D eigenvalue weighted by atomic mass is 19.4. The van der Waals surface area contributed by atoms with Gasteiger partial charge < -0.3 is 14.7 Å². The maximum Gasteiger partial charge on any atom is 0.417 e. The van der Waals surface area contributed by atoms with Crippen LogP contribution in [0, 0.1) is 6.92 Å². The molecule has 0 saturated heterocycles. The maximum absolute atomic E-state index is 12.5. The van der Waals surface area contributed by atoms with Crippen molar-refractivity contribution in [2.45, 2.75) is 13.1 Å². The van der Waals surface area contributed by atoms with Gasteiger partial charge in [0.05, 0.1) is 11.8 Å². The SMILES string of the molecule is Cc1ccoc1C(=O)Nc1cc(C(F)(F)F)c[nH]c1=O. The van der Waals surface area contributed by atoms with Gasteiger partial charge in [-0.3, -0.25) is 9.59 Å². The van der Waals surface area contributed by atoms with Crippen molar-refractivity contribution in [3.63, 3.8) is 0 Å². The van der Waals surface area contributed by atoms with E-state index >= 15 is 0 Å². The molecule has 2 heterocycles. The molecule has 0 aromatic carbocycles. The number of halogens is 3. The van der Waals surface area contributed by atoms with E-state index in [9.17, 15) is 22.8 Å². The number of hydrogen-bond acceptors (Lipinski definition) is 3. The summed E-state index contributed by atoms with van der Waals surface area (Å²) < 4.78 is 42.5. The first-order chi connectivity index (χ1) is 9.29. The summed E-state index contributed by atoms with van der Waals surface area (Å²) >= 11 is 0. The number of carbonyl (C=O) groups is 1. The molecule has 0 bridgehead atoms. The quantitative estimate of drug-likeness (QED) is 0.890. The van der Waals surface area contributed by atoms with Gasteiger partial charge in [0.2, 0.25) is 0 Å². The van der Waals surface area contributed by atoms with E-state index in [-0.39, 0.29) is 5.76 Å². The van der Waals surface area contributed by atoms with Gasteiger partial charge in [-0.1, -0.05) is 0 Å². The lowest BCUT2D eigenvalue weighted by atomic mass is 10.2. The standard InChI is InChI=1S/C12H9F3N2O3/c1-6-2-3-20-9(6)11(19)17-8-4-7(12(13,14)15)5-16-10(8)18/h2-5H,1H3,(H,16,18)(H,17,19). The summed E-state index contributed by atoms with van der Waals surface area (Å²) in [5, 5.41) is 2.09. The van der Waals surface area contributed by atoms with E-state index in [1.165, 1.54) is 12.3 Å². The van der Waals surface area contributed by atoms with Crippen molar-refractivity contribution in [3.8, 4) is 0 Å². The summed E-state index contributed by atoms with van der Waals surface area (Å²) in [7, 11) is 0. The average molecular weight is 286 g/mol.